The van der Waals surface area contributed by atoms with E-state index in [1.165, 1.54) is 0 Å². The van der Waals surface area contributed by atoms with E-state index < -0.39 is 6.10 Å². The van der Waals surface area contributed by atoms with Crippen molar-refractivity contribution in [2.75, 3.05) is 13.2 Å². The molecule has 126 valence electrons. The Morgan fingerprint density at radius 1 is 0.917 bits per heavy atom. The Morgan fingerprint density at radius 3 is 2.38 bits per heavy atom. The number of fused-ring (bicyclic) bond motifs is 2. The number of aliphatic hydroxyl groups excluding tert-OH is 1. The monoisotopic (exact) mass is 454 g/mol. The third-order valence-electron chi connectivity index (χ3n) is 3.86. The molecule has 0 saturated heterocycles. The number of hydrogen-bond donors (Lipinski definition) is 1. The van der Waals surface area contributed by atoms with E-state index in [-0.39, 0.29) is 12.4 Å². The zero-order chi connectivity index (χ0) is 17.1. The Hall–Kier alpha value is -1.05. The lowest BCUT2D eigenvalue weighted by Gasteiger charge is -2.21. The minimum Gasteiger partial charge on any atom is -0.386 e. The maximum Gasteiger partial charge on any atom is 0.188 e. The molecule has 0 amide bonds. The number of ketones is 1. The number of ether oxygens (including phenoxy) is 2. The molecule has 2 aromatic carbocycles. The van der Waals surface area contributed by atoms with Gasteiger partial charge in [-0.15, -0.1) is 0 Å². The predicted molar refractivity (Wildman–Crippen MR) is 96.9 cm³/mol. The Kier molecular flexibility index (Phi) is 5.84. The fourth-order valence-corrected chi connectivity index (χ4v) is 3.50. The molecule has 4 nitrogen and oxygen atoms in total. The van der Waals surface area contributed by atoms with Gasteiger partial charge in [0.25, 0.3) is 0 Å². The first-order valence-electron chi connectivity index (χ1n) is 7.48. The molecule has 2 aliphatic rings. The molecule has 0 fully saturated rings. The molecule has 2 aromatic rings. The molecule has 0 saturated carbocycles. The molecular weight excluding hydrogens is 440 g/mol. The summed E-state index contributed by atoms with van der Waals surface area (Å²) in [5.74, 6) is 0.0729. The van der Waals surface area contributed by atoms with Crippen LogP contribution in [0.15, 0.2) is 45.3 Å². The normalized spacial score (nSPS) is 19.0. The molecule has 2 heterocycles. The zero-order valence-corrected chi connectivity index (χ0v) is 16.0. The maximum absolute atomic E-state index is 11.3. The van der Waals surface area contributed by atoms with Gasteiger partial charge in [0, 0.05) is 14.5 Å². The summed E-state index contributed by atoms with van der Waals surface area (Å²) < 4.78 is 12.3. The molecule has 0 bridgehead atoms. The van der Waals surface area contributed by atoms with Crippen molar-refractivity contribution in [3.8, 4) is 0 Å². The number of Topliss-reactive ketones (excluding diaryl/α,β-unsaturated/α-hetero) is 1. The fraction of sp³-hybridized carbons (Fsp3) is 0.278. The van der Waals surface area contributed by atoms with Crippen LogP contribution in [0.25, 0.3) is 0 Å². The van der Waals surface area contributed by atoms with Crippen LogP contribution in [-0.4, -0.2) is 24.1 Å². The van der Waals surface area contributed by atoms with Crippen LogP contribution < -0.4 is 0 Å². The topological polar surface area (TPSA) is 55.8 Å². The summed E-state index contributed by atoms with van der Waals surface area (Å²) in [5, 5.41) is 9.51. The third kappa shape index (κ3) is 4.13. The van der Waals surface area contributed by atoms with Crippen molar-refractivity contribution >= 4 is 37.6 Å². The number of hydrogen-bond acceptors (Lipinski definition) is 4. The van der Waals surface area contributed by atoms with Gasteiger partial charge in [-0.3, -0.25) is 4.79 Å². The van der Waals surface area contributed by atoms with E-state index in [0.29, 0.717) is 19.8 Å². The lowest BCUT2D eigenvalue weighted by Crippen LogP contribution is -2.17. The van der Waals surface area contributed by atoms with Gasteiger partial charge in [-0.2, -0.15) is 0 Å². The second kappa shape index (κ2) is 7.89. The molecule has 0 radical (unpaired) electrons. The first-order valence-corrected chi connectivity index (χ1v) is 9.06. The molecular formula is C18H16Br2O4. The summed E-state index contributed by atoms with van der Waals surface area (Å²) in [4.78, 5) is 11.3. The van der Waals surface area contributed by atoms with Crippen molar-refractivity contribution < 1.29 is 19.4 Å². The smallest absolute Gasteiger partial charge is 0.188 e. The van der Waals surface area contributed by atoms with Gasteiger partial charge in [0.05, 0.1) is 19.8 Å². The van der Waals surface area contributed by atoms with E-state index in [1.807, 2.05) is 36.4 Å². The Bertz CT molecular complexity index is 761. The third-order valence-corrected chi connectivity index (χ3v) is 4.84. The molecule has 1 unspecified atom stereocenters. The summed E-state index contributed by atoms with van der Waals surface area (Å²) in [6.07, 6.45) is -0.457. The SMILES string of the molecule is O=C1COCc2cc(Br)ccc21.OC1COCc2cc(Br)ccc21. The number of rotatable bonds is 0. The van der Waals surface area contributed by atoms with Crippen molar-refractivity contribution in [3.63, 3.8) is 0 Å². The van der Waals surface area contributed by atoms with Crippen LogP contribution in [0.5, 0.6) is 0 Å². The molecule has 4 rings (SSSR count). The number of carbonyl (C=O) groups excluding carboxylic acids is 1. The predicted octanol–water partition coefficient (Wildman–Crippen LogP) is 4.17. The van der Waals surface area contributed by atoms with Crippen LogP contribution in [0.3, 0.4) is 0 Å². The molecule has 1 N–H and O–H groups in total. The average molecular weight is 456 g/mol. The van der Waals surface area contributed by atoms with Crippen molar-refractivity contribution in [1.82, 2.24) is 0 Å². The quantitative estimate of drug-likeness (QED) is 0.647. The molecule has 2 aliphatic heterocycles. The number of benzene rings is 2. The lowest BCUT2D eigenvalue weighted by atomic mass is 10.0. The summed E-state index contributed by atoms with van der Waals surface area (Å²) in [7, 11) is 0. The van der Waals surface area contributed by atoms with E-state index in [2.05, 4.69) is 31.9 Å². The van der Waals surface area contributed by atoms with Gasteiger partial charge in [0.15, 0.2) is 5.78 Å². The lowest BCUT2D eigenvalue weighted by molar-refractivity contribution is 0.00977. The van der Waals surface area contributed by atoms with E-state index in [0.717, 1.165) is 31.2 Å². The summed E-state index contributed by atoms with van der Waals surface area (Å²) in [6, 6.07) is 11.5. The molecule has 0 aromatic heterocycles. The zero-order valence-electron chi connectivity index (χ0n) is 12.8. The average Bonchev–Trinajstić information content (AvgIpc) is 2.55. The molecule has 24 heavy (non-hydrogen) atoms. The van der Waals surface area contributed by atoms with Crippen LogP contribution in [0.2, 0.25) is 0 Å². The summed E-state index contributed by atoms with van der Waals surface area (Å²) >= 11 is 6.72. The van der Waals surface area contributed by atoms with E-state index in [4.69, 9.17) is 9.47 Å². The second-order valence-corrected chi connectivity index (χ2v) is 7.42. The highest BCUT2D eigenvalue weighted by Crippen LogP contribution is 2.27. The van der Waals surface area contributed by atoms with Gasteiger partial charge in [-0.05, 0) is 47.0 Å². The molecule has 0 spiro atoms. The highest BCUT2D eigenvalue weighted by atomic mass is 79.9. The van der Waals surface area contributed by atoms with Crippen molar-refractivity contribution in [2.45, 2.75) is 19.3 Å². The van der Waals surface area contributed by atoms with Gasteiger partial charge in [0.2, 0.25) is 0 Å². The van der Waals surface area contributed by atoms with Crippen molar-refractivity contribution in [3.05, 3.63) is 67.6 Å². The van der Waals surface area contributed by atoms with Gasteiger partial charge in [-0.25, -0.2) is 0 Å². The Balaban J connectivity index is 0.000000141. The van der Waals surface area contributed by atoms with E-state index in [9.17, 15) is 9.90 Å². The van der Waals surface area contributed by atoms with E-state index in [1.54, 1.807) is 0 Å². The highest BCUT2D eigenvalue weighted by molar-refractivity contribution is 9.10. The fourth-order valence-electron chi connectivity index (χ4n) is 2.68. The van der Waals surface area contributed by atoms with E-state index >= 15 is 0 Å². The van der Waals surface area contributed by atoms with Crippen LogP contribution >= 0.6 is 31.9 Å². The van der Waals surface area contributed by atoms with Gasteiger partial charge < -0.3 is 14.6 Å². The first kappa shape index (κ1) is 17.8. The largest absolute Gasteiger partial charge is 0.386 e. The number of halogens is 2. The Labute approximate surface area is 157 Å². The second-order valence-electron chi connectivity index (χ2n) is 5.59. The highest BCUT2D eigenvalue weighted by Gasteiger charge is 2.18. The number of aliphatic hydroxyl groups is 1. The minimum absolute atomic E-state index is 0.0729. The summed E-state index contributed by atoms with van der Waals surface area (Å²) in [6.45, 7) is 1.77. The molecule has 1 atom stereocenters. The van der Waals surface area contributed by atoms with Crippen molar-refractivity contribution in [1.29, 1.82) is 0 Å². The van der Waals surface area contributed by atoms with Gasteiger partial charge in [0.1, 0.15) is 12.7 Å². The van der Waals surface area contributed by atoms with Gasteiger partial charge >= 0.3 is 0 Å². The van der Waals surface area contributed by atoms with Crippen molar-refractivity contribution in [2.24, 2.45) is 0 Å². The van der Waals surface area contributed by atoms with Crippen LogP contribution in [0.1, 0.15) is 33.2 Å². The standard InChI is InChI=1S/C9H9BrO2.C9H7BrO2/c2*10-7-1-2-8-6(3-7)4-12-5-9(8)11/h1-3,9,11H,4-5H2;1-3H,4-5H2. The minimum atomic E-state index is -0.457. The maximum atomic E-state index is 11.3. The first-order chi connectivity index (χ1) is 11.5. The van der Waals surface area contributed by atoms with Gasteiger partial charge in [-0.1, -0.05) is 37.9 Å². The molecule has 0 aliphatic carbocycles. The van der Waals surface area contributed by atoms with Crippen LogP contribution in [0.4, 0.5) is 0 Å². The summed E-state index contributed by atoms with van der Waals surface area (Å²) in [5.41, 5.74) is 3.83. The number of carbonyl (C=O) groups is 1. The van der Waals surface area contributed by atoms with Crippen LogP contribution in [0, 0.1) is 0 Å². The molecule has 6 heteroatoms. The van der Waals surface area contributed by atoms with Crippen LogP contribution in [-0.2, 0) is 22.7 Å². The Morgan fingerprint density at radius 2 is 1.58 bits per heavy atom.